The minimum absolute atomic E-state index is 0.194. The number of nitrogens with one attached hydrogen (secondary N) is 2. The molecule has 1 aromatic rings. The highest BCUT2D eigenvalue weighted by atomic mass is 79.9. The SMILES string of the molecule is CN=C(NC(C)c1ccccc1Br)NC1C2CCOC2C12CCC2. The van der Waals surface area contributed by atoms with Gasteiger partial charge in [0.1, 0.15) is 0 Å². The molecule has 0 aromatic heterocycles. The van der Waals surface area contributed by atoms with Gasteiger partial charge >= 0.3 is 0 Å². The quantitative estimate of drug-likeness (QED) is 0.610. The second-order valence-corrected chi connectivity index (χ2v) is 8.27. The van der Waals surface area contributed by atoms with E-state index in [9.17, 15) is 0 Å². The molecular weight excluding hydrogens is 366 g/mol. The summed E-state index contributed by atoms with van der Waals surface area (Å²) in [6, 6.07) is 9.05. The van der Waals surface area contributed by atoms with E-state index >= 15 is 0 Å². The molecule has 5 heteroatoms. The summed E-state index contributed by atoms with van der Waals surface area (Å²) >= 11 is 3.64. The van der Waals surface area contributed by atoms with Gasteiger partial charge in [0.2, 0.25) is 0 Å². The van der Waals surface area contributed by atoms with Crippen molar-refractivity contribution in [2.45, 2.75) is 50.8 Å². The molecule has 1 heterocycles. The van der Waals surface area contributed by atoms with Gasteiger partial charge in [-0.25, -0.2) is 0 Å². The van der Waals surface area contributed by atoms with Crippen LogP contribution < -0.4 is 10.6 Å². The van der Waals surface area contributed by atoms with Gasteiger partial charge in [0.25, 0.3) is 0 Å². The van der Waals surface area contributed by atoms with Crippen LogP contribution in [-0.2, 0) is 4.74 Å². The van der Waals surface area contributed by atoms with Crippen LogP contribution in [0.4, 0.5) is 0 Å². The van der Waals surface area contributed by atoms with Crippen molar-refractivity contribution in [2.24, 2.45) is 16.3 Å². The molecule has 0 radical (unpaired) electrons. The Hall–Kier alpha value is -1.07. The molecule has 4 nitrogen and oxygen atoms in total. The Morgan fingerprint density at radius 3 is 2.83 bits per heavy atom. The van der Waals surface area contributed by atoms with Crippen molar-refractivity contribution in [3.05, 3.63) is 34.3 Å². The lowest BCUT2D eigenvalue weighted by molar-refractivity contribution is -0.171. The van der Waals surface area contributed by atoms with Crippen LogP contribution >= 0.6 is 15.9 Å². The van der Waals surface area contributed by atoms with Crippen molar-refractivity contribution in [1.82, 2.24) is 10.6 Å². The molecule has 24 heavy (non-hydrogen) atoms. The normalized spacial score (nSPS) is 31.8. The Bertz CT molecular complexity index is 643. The van der Waals surface area contributed by atoms with Gasteiger partial charge in [-0.1, -0.05) is 40.5 Å². The van der Waals surface area contributed by atoms with Gasteiger partial charge in [0.05, 0.1) is 12.1 Å². The standard InChI is InChI=1S/C19H26BrN3O/c1-12(13-6-3-4-7-15(13)20)22-18(21-2)23-16-14-8-11-24-17(14)19(16)9-5-10-19/h3-4,6-7,12,14,16-17H,5,8-11H2,1-2H3,(H2,21,22,23). The molecule has 1 saturated heterocycles. The predicted octanol–water partition coefficient (Wildman–Crippen LogP) is 3.63. The zero-order valence-corrected chi connectivity index (χ0v) is 16.0. The van der Waals surface area contributed by atoms with E-state index in [0.717, 1.165) is 17.0 Å². The Labute approximate surface area is 152 Å². The second-order valence-electron chi connectivity index (χ2n) is 7.41. The zero-order chi connectivity index (χ0) is 16.7. The lowest BCUT2D eigenvalue weighted by Crippen LogP contribution is -2.72. The maximum absolute atomic E-state index is 6.01. The minimum Gasteiger partial charge on any atom is -0.377 e. The summed E-state index contributed by atoms with van der Waals surface area (Å²) in [5.74, 6) is 1.56. The van der Waals surface area contributed by atoms with Crippen molar-refractivity contribution >= 4 is 21.9 Å². The highest BCUT2D eigenvalue weighted by molar-refractivity contribution is 9.10. The first-order valence-corrected chi connectivity index (χ1v) is 9.81. The third-order valence-corrected chi connectivity index (χ3v) is 7.00. The summed E-state index contributed by atoms with van der Waals surface area (Å²) < 4.78 is 7.14. The van der Waals surface area contributed by atoms with Crippen molar-refractivity contribution < 1.29 is 4.74 Å². The van der Waals surface area contributed by atoms with Crippen molar-refractivity contribution in [3.8, 4) is 0 Å². The van der Waals surface area contributed by atoms with Crippen LogP contribution in [0.5, 0.6) is 0 Å². The molecule has 0 bridgehead atoms. The number of nitrogens with zero attached hydrogens (tertiary/aromatic N) is 1. The lowest BCUT2D eigenvalue weighted by atomic mass is 9.46. The summed E-state index contributed by atoms with van der Waals surface area (Å²) in [5.41, 5.74) is 1.62. The summed E-state index contributed by atoms with van der Waals surface area (Å²) in [4.78, 5) is 4.48. The number of fused-ring (bicyclic) bond motifs is 2. The van der Waals surface area contributed by atoms with Gasteiger partial charge in [-0.15, -0.1) is 0 Å². The molecule has 130 valence electrons. The summed E-state index contributed by atoms with van der Waals surface area (Å²) in [5, 5.41) is 7.29. The molecule has 3 aliphatic rings. The second kappa shape index (κ2) is 6.34. The number of hydrogen-bond acceptors (Lipinski definition) is 2. The number of halogens is 1. The molecule has 4 unspecified atom stereocenters. The monoisotopic (exact) mass is 391 g/mol. The van der Waals surface area contributed by atoms with E-state index in [2.05, 4.69) is 56.7 Å². The Kier molecular flexibility index (Phi) is 4.33. The van der Waals surface area contributed by atoms with Crippen LogP contribution in [0.1, 0.15) is 44.2 Å². The van der Waals surface area contributed by atoms with Gasteiger partial charge < -0.3 is 15.4 Å². The first kappa shape index (κ1) is 16.4. The molecule has 2 aliphatic carbocycles. The Morgan fingerprint density at radius 1 is 1.38 bits per heavy atom. The molecule has 1 aromatic carbocycles. The fraction of sp³-hybridized carbons (Fsp3) is 0.632. The summed E-state index contributed by atoms with van der Waals surface area (Å²) in [6.07, 6.45) is 5.60. The van der Waals surface area contributed by atoms with Crippen LogP contribution in [0, 0.1) is 11.3 Å². The van der Waals surface area contributed by atoms with Crippen LogP contribution in [0.25, 0.3) is 0 Å². The van der Waals surface area contributed by atoms with E-state index in [-0.39, 0.29) is 6.04 Å². The first-order valence-electron chi connectivity index (χ1n) is 9.01. The predicted molar refractivity (Wildman–Crippen MR) is 100 cm³/mol. The van der Waals surface area contributed by atoms with E-state index in [4.69, 9.17) is 4.74 Å². The third-order valence-electron chi connectivity index (χ3n) is 6.28. The number of guanidine groups is 1. The highest BCUT2D eigenvalue weighted by Gasteiger charge is 2.66. The van der Waals surface area contributed by atoms with Crippen LogP contribution in [0.3, 0.4) is 0 Å². The summed E-state index contributed by atoms with van der Waals surface area (Å²) in [7, 11) is 1.86. The zero-order valence-electron chi connectivity index (χ0n) is 14.4. The number of benzene rings is 1. The van der Waals surface area contributed by atoms with Gasteiger partial charge in [0.15, 0.2) is 5.96 Å². The van der Waals surface area contributed by atoms with Gasteiger partial charge in [-0.2, -0.15) is 0 Å². The maximum Gasteiger partial charge on any atom is 0.191 e. The van der Waals surface area contributed by atoms with Gasteiger partial charge in [-0.3, -0.25) is 4.99 Å². The molecule has 3 fully saturated rings. The number of ether oxygens (including phenoxy) is 1. The smallest absolute Gasteiger partial charge is 0.191 e. The Morgan fingerprint density at radius 2 is 2.17 bits per heavy atom. The third kappa shape index (κ3) is 2.48. The van der Waals surface area contributed by atoms with E-state index < -0.39 is 0 Å². The maximum atomic E-state index is 6.01. The highest BCUT2D eigenvalue weighted by Crippen LogP contribution is 2.62. The van der Waals surface area contributed by atoms with Crippen LogP contribution in [0.2, 0.25) is 0 Å². The van der Waals surface area contributed by atoms with Crippen molar-refractivity contribution in [1.29, 1.82) is 0 Å². The van der Waals surface area contributed by atoms with Crippen LogP contribution in [-0.4, -0.2) is 31.8 Å². The molecule has 2 N–H and O–H groups in total. The molecule has 4 rings (SSSR count). The average Bonchev–Trinajstić information content (AvgIpc) is 2.95. The topological polar surface area (TPSA) is 45.7 Å². The molecule has 1 aliphatic heterocycles. The van der Waals surface area contributed by atoms with E-state index in [1.54, 1.807) is 0 Å². The average molecular weight is 392 g/mol. The molecule has 1 spiro atoms. The number of aliphatic imine (C=N–C) groups is 1. The molecule has 0 amide bonds. The fourth-order valence-electron chi connectivity index (χ4n) is 4.88. The number of rotatable bonds is 3. The van der Waals surface area contributed by atoms with Crippen molar-refractivity contribution in [3.63, 3.8) is 0 Å². The Balaban J connectivity index is 1.44. The van der Waals surface area contributed by atoms with E-state index in [1.165, 1.54) is 31.2 Å². The molecule has 2 saturated carbocycles. The first-order chi connectivity index (χ1) is 11.7. The largest absolute Gasteiger partial charge is 0.377 e. The fourth-order valence-corrected chi connectivity index (χ4v) is 5.51. The molecular formula is C19H26BrN3O. The van der Waals surface area contributed by atoms with Crippen LogP contribution in [0.15, 0.2) is 33.7 Å². The van der Waals surface area contributed by atoms with Gasteiger partial charge in [0, 0.05) is 35.5 Å². The van der Waals surface area contributed by atoms with E-state index in [1.807, 2.05) is 13.1 Å². The van der Waals surface area contributed by atoms with Gasteiger partial charge in [-0.05, 0) is 37.8 Å². The number of hydrogen-bond donors (Lipinski definition) is 2. The summed E-state index contributed by atoms with van der Waals surface area (Å²) in [6.45, 7) is 3.10. The van der Waals surface area contributed by atoms with Crippen molar-refractivity contribution in [2.75, 3.05) is 13.7 Å². The lowest BCUT2D eigenvalue weighted by Gasteiger charge is -2.63. The van der Waals surface area contributed by atoms with E-state index in [0.29, 0.717) is 23.5 Å². The minimum atomic E-state index is 0.194. The molecule has 4 atom stereocenters.